The van der Waals surface area contributed by atoms with E-state index in [-0.39, 0.29) is 18.5 Å². The van der Waals surface area contributed by atoms with Crippen LogP contribution in [0.4, 0.5) is 0 Å². The fourth-order valence-electron chi connectivity index (χ4n) is 12.7. The fraction of sp³-hybridized carbons (Fsp3) is 0.880. The summed E-state index contributed by atoms with van der Waals surface area (Å²) in [5, 5.41) is 23.2. The van der Waals surface area contributed by atoms with Gasteiger partial charge < -0.3 is 20.3 Å². The number of hydrogen-bond donors (Lipinski definition) is 3. The van der Waals surface area contributed by atoms with E-state index in [0.717, 1.165) is 51.4 Å². The highest BCUT2D eigenvalue weighted by Gasteiger charge is 2.18. The normalized spacial score (nSPS) is 12.7. The molecule has 0 aliphatic carbocycles. The van der Waals surface area contributed by atoms with Crippen LogP contribution in [-0.4, -0.2) is 47.4 Å². The van der Waals surface area contributed by atoms with Crippen LogP contribution in [0.15, 0.2) is 48.6 Å². The van der Waals surface area contributed by atoms with Gasteiger partial charge in [0.05, 0.1) is 25.4 Å². The Bertz CT molecular complexity index is 1490. The minimum absolute atomic E-state index is 0.0139. The van der Waals surface area contributed by atoms with E-state index in [9.17, 15) is 19.8 Å². The summed E-state index contributed by atoms with van der Waals surface area (Å²) in [4.78, 5) is 24.6. The number of esters is 1. The molecule has 6 nitrogen and oxygen atoms in total. The van der Waals surface area contributed by atoms with Crippen molar-refractivity contribution in [1.82, 2.24) is 5.32 Å². The molecule has 0 aliphatic heterocycles. The van der Waals surface area contributed by atoms with Gasteiger partial charge in [0.2, 0.25) is 5.91 Å². The summed E-state index contributed by atoms with van der Waals surface area (Å²) in [6, 6.07) is -0.626. The first-order chi connectivity index (χ1) is 44.0. The van der Waals surface area contributed by atoms with Crippen molar-refractivity contribution in [2.75, 3.05) is 13.2 Å². The van der Waals surface area contributed by atoms with Gasteiger partial charge in [-0.2, -0.15) is 0 Å². The first kappa shape index (κ1) is 86.8. The average Bonchev–Trinajstić information content (AvgIpc) is 3.68. The third kappa shape index (κ3) is 74.7. The van der Waals surface area contributed by atoms with E-state index in [1.807, 2.05) is 6.08 Å². The van der Waals surface area contributed by atoms with Crippen LogP contribution >= 0.6 is 0 Å². The number of carbonyl (C=O) groups excluding carboxylic acids is 2. The van der Waals surface area contributed by atoms with Gasteiger partial charge in [-0.25, -0.2) is 0 Å². The Morgan fingerprint density at radius 1 is 0.315 bits per heavy atom. The summed E-state index contributed by atoms with van der Waals surface area (Å²) < 4.78 is 5.51. The van der Waals surface area contributed by atoms with Gasteiger partial charge in [-0.1, -0.05) is 390 Å². The van der Waals surface area contributed by atoms with Crippen LogP contribution in [0.25, 0.3) is 0 Å². The first-order valence-electron chi connectivity index (χ1n) is 40.4. The topological polar surface area (TPSA) is 95.9 Å². The highest BCUT2D eigenvalue weighted by Crippen LogP contribution is 2.19. The number of carbonyl (C=O) groups is 2. The number of allylic oxidation sites excluding steroid dienone is 7. The molecule has 0 spiro atoms. The molecule has 0 rings (SSSR count). The van der Waals surface area contributed by atoms with Gasteiger partial charge in [0, 0.05) is 12.8 Å². The fourth-order valence-corrected chi connectivity index (χ4v) is 12.7. The van der Waals surface area contributed by atoms with Crippen LogP contribution in [0.3, 0.4) is 0 Å². The number of unbranched alkanes of at least 4 members (excludes halogenated alkanes) is 59. The molecule has 0 heterocycles. The van der Waals surface area contributed by atoms with Crippen LogP contribution in [0.2, 0.25) is 0 Å². The second-order valence-electron chi connectivity index (χ2n) is 27.7. The number of hydrogen-bond acceptors (Lipinski definition) is 5. The Hall–Kier alpha value is -2.18. The Morgan fingerprint density at radius 2 is 0.562 bits per heavy atom. The second kappa shape index (κ2) is 78.3. The third-order valence-electron chi connectivity index (χ3n) is 18.8. The molecule has 0 aliphatic rings. The zero-order chi connectivity index (χ0) is 64.2. The molecule has 0 bridgehead atoms. The molecule has 0 saturated carbocycles. The Labute approximate surface area is 556 Å². The Morgan fingerprint density at radius 3 is 0.888 bits per heavy atom. The van der Waals surface area contributed by atoms with Gasteiger partial charge in [0.1, 0.15) is 0 Å². The summed E-state index contributed by atoms with van der Waals surface area (Å²) >= 11 is 0. The maximum absolute atomic E-state index is 12.5. The maximum atomic E-state index is 12.5. The standard InChI is InChI=1S/C83H157NO5/c1-3-5-7-9-11-13-15-17-19-21-44-47-51-55-59-63-67-71-75-81(86)80(79-85)84-82(87)76-72-68-64-60-56-52-48-45-41-39-37-35-33-31-29-27-25-23-22-24-26-28-30-32-34-36-38-40-42-46-50-54-58-62-66-70-74-78-89-83(88)77-73-69-65-61-57-53-49-43-20-18-16-14-12-10-8-6-4-2/h12,14,18,20,22,24,71,75,80-81,85-86H,3-11,13,15-17,19,21,23,25-70,72-74,76-79H2,1-2H3,(H,84,87)/b14-12-,20-18-,24-22-,75-71+. The van der Waals surface area contributed by atoms with Gasteiger partial charge in [0.25, 0.3) is 0 Å². The molecule has 6 heteroatoms. The van der Waals surface area contributed by atoms with Crippen LogP contribution in [0, 0.1) is 0 Å². The van der Waals surface area contributed by atoms with Gasteiger partial charge in [0.15, 0.2) is 0 Å². The number of aliphatic hydroxyl groups excluding tert-OH is 2. The van der Waals surface area contributed by atoms with Gasteiger partial charge >= 0.3 is 5.97 Å². The lowest BCUT2D eigenvalue weighted by molar-refractivity contribution is -0.143. The molecule has 2 unspecified atom stereocenters. The molecule has 0 aromatic heterocycles. The number of rotatable bonds is 76. The van der Waals surface area contributed by atoms with E-state index in [2.05, 4.69) is 55.6 Å². The summed E-state index contributed by atoms with van der Waals surface area (Å²) in [5.41, 5.74) is 0. The Kier molecular flexibility index (Phi) is 76.3. The minimum Gasteiger partial charge on any atom is -0.466 e. The van der Waals surface area contributed by atoms with Crippen molar-refractivity contribution in [1.29, 1.82) is 0 Å². The predicted molar refractivity (Wildman–Crippen MR) is 393 cm³/mol. The van der Waals surface area contributed by atoms with E-state index in [0.29, 0.717) is 19.4 Å². The molecule has 0 fully saturated rings. The van der Waals surface area contributed by atoms with Crippen molar-refractivity contribution in [2.45, 2.75) is 456 Å². The van der Waals surface area contributed by atoms with Crippen molar-refractivity contribution in [3.63, 3.8) is 0 Å². The zero-order valence-corrected chi connectivity index (χ0v) is 60.2. The maximum Gasteiger partial charge on any atom is 0.305 e. The van der Waals surface area contributed by atoms with Gasteiger partial charge in [-0.3, -0.25) is 9.59 Å². The van der Waals surface area contributed by atoms with Crippen molar-refractivity contribution in [3.8, 4) is 0 Å². The first-order valence-corrected chi connectivity index (χ1v) is 40.4. The minimum atomic E-state index is -0.843. The van der Waals surface area contributed by atoms with Crippen molar-refractivity contribution >= 4 is 11.9 Å². The lowest BCUT2D eigenvalue weighted by Crippen LogP contribution is -2.45. The van der Waals surface area contributed by atoms with Crippen LogP contribution in [0.5, 0.6) is 0 Å². The van der Waals surface area contributed by atoms with Crippen LogP contribution < -0.4 is 5.32 Å². The van der Waals surface area contributed by atoms with Crippen molar-refractivity contribution in [3.05, 3.63) is 48.6 Å². The molecule has 0 aromatic rings. The van der Waals surface area contributed by atoms with E-state index < -0.39 is 12.1 Å². The monoisotopic (exact) mass is 1250 g/mol. The van der Waals surface area contributed by atoms with Crippen LogP contribution in [0.1, 0.15) is 444 Å². The molecule has 2 atom stereocenters. The van der Waals surface area contributed by atoms with E-state index in [1.54, 1.807) is 6.08 Å². The Balaban J connectivity index is 3.35. The number of nitrogens with one attached hydrogen (secondary N) is 1. The molecule has 89 heavy (non-hydrogen) atoms. The zero-order valence-electron chi connectivity index (χ0n) is 60.2. The quantitative estimate of drug-likeness (QED) is 0.0320. The highest BCUT2D eigenvalue weighted by atomic mass is 16.5. The molecule has 524 valence electrons. The number of aliphatic hydroxyl groups is 2. The summed E-state index contributed by atoms with van der Waals surface area (Å²) in [7, 11) is 0. The van der Waals surface area contributed by atoms with Gasteiger partial charge in [-0.05, 0) is 89.9 Å². The molecular weight excluding hydrogens is 1090 g/mol. The SMILES string of the molecule is CCCCC/C=C\C/C=C\CCCCCCCCCC(=O)OCCCCCCCCCCCCCCCCCC/C=C\CCCCCCCCCCCCCCCCCCCC(=O)NC(CO)C(O)/C=C/CCCCCCCCCCCCCCCCCC. The molecule has 1 amide bonds. The summed E-state index contributed by atoms with van der Waals surface area (Å²) in [6.45, 7) is 4.92. The second-order valence-corrected chi connectivity index (χ2v) is 27.7. The summed E-state index contributed by atoms with van der Waals surface area (Å²) in [6.07, 6.45) is 104. The predicted octanol–water partition coefficient (Wildman–Crippen LogP) is 26.8. The van der Waals surface area contributed by atoms with E-state index in [1.165, 1.54) is 366 Å². The molecule has 0 aromatic carbocycles. The lowest BCUT2D eigenvalue weighted by atomic mass is 10.0. The van der Waals surface area contributed by atoms with Crippen LogP contribution in [-0.2, 0) is 14.3 Å². The smallest absolute Gasteiger partial charge is 0.305 e. The molecule has 0 saturated heterocycles. The number of ether oxygens (including phenoxy) is 1. The van der Waals surface area contributed by atoms with Crippen molar-refractivity contribution in [2.24, 2.45) is 0 Å². The number of amides is 1. The average molecular weight is 1250 g/mol. The molecule has 0 radical (unpaired) electrons. The van der Waals surface area contributed by atoms with E-state index in [4.69, 9.17) is 4.74 Å². The summed E-state index contributed by atoms with van der Waals surface area (Å²) in [5.74, 6) is -0.0465. The third-order valence-corrected chi connectivity index (χ3v) is 18.8. The van der Waals surface area contributed by atoms with Gasteiger partial charge in [-0.15, -0.1) is 0 Å². The lowest BCUT2D eigenvalue weighted by Gasteiger charge is -2.20. The largest absolute Gasteiger partial charge is 0.466 e. The highest BCUT2D eigenvalue weighted by molar-refractivity contribution is 5.76. The molecular formula is C83H157NO5. The van der Waals surface area contributed by atoms with E-state index >= 15 is 0 Å². The van der Waals surface area contributed by atoms with Crippen molar-refractivity contribution < 1.29 is 24.5 Å². The molecule has 3 N–H and O–H groups in total.